The van der Waals surface area contributed by atoms with Gasteiger partial charge in [0.25, 0.3) is 0 Å². The molecule has 0 bridgehead atoms. The molecule has 0 radical (unpaired) electrons. The van der Waals surface area contributed by atoms with Crippen molar-refractivity contribution in [2.24, 2.45) is 0 Å². The zero-order chi connectivity index (χ0) is 12.6. The predicted molar refractivity (Wildman–Crippen MR) is 70.9 cm³/mol. The van der Waals surface area contributed by atoms with Crippen LogP contribution in [0.3, 0.4) is 0 Å². The molecule has 0 aromatic carbocycles. The lowest BCUT2D eigenvalue weighted by Crippen LogP contribution is -2.59. The minimum Gasteiger partial charge on any atom is -0.388 e. The van der Waals surface area contributed by atoms with Crippen LogP contribution in [-0.2, 0) is 19.5 Å². The Kier molecular flexibility index (Phi) is 3.61. The lowest BCUT2D eigenvalue weighted by molar-refractivity contribution is -0.0880. The molecule has 0 saturated carbocycles. The lowest BCUT2D eigenvalue weighted by atomic mass is 9.97. The van der Waals surface area contributed by atoms with Crippen LogP contribution in [0.5, 0.6) is 0 Å². The zero-order valence-electron chi connectivity index (χ0n) is 10.7. The van der Waals surface area contributed by atoms with Crippen LogP contribution < -0.4 is 0 Å². The summed E-state index contributed by atoms with van der Waals surface area (Å²) in [5, 5.41) is 14.3. The van der Waals surface area contributed by atoms with E-state index in [0.29, 0.717) is 0 Å². The number of aryl methyl sites for hydroxylation is 2. The third kappa shape index (κ3) is 2.56. The molecule has 0 amide bonds. The van der Waals surface area contributed by atoms with Crippen molar-refractivity contribution in [2.75, 3.05) is 13.1 Å². The molecule has 0 spiro atoms. The van der Waals surface area contributed by atoms with E-state index in [-0.39, 0.29) is 0 Å². The van der Waals surface area contributed by atoms with E-state index >= 15 is 0 Å². The van der Waals surface area contributed by atoms with Gasteiger partial charge in [-0.2, -0.15) is 5.10 Å². The van der Waals surface area contributed by atoms with Crippen LogP contribution in [0.4, 0.5) is 0 Å². The van der Waals surface area contributed by atoms with Gasteiger partial charge in [0, 0.05) is 26.2 Å². The van der Waals surface area contributed by atoms with E-state index in [2.05, 4.69) is 44.5 Å². The number of hydrogen-bond donors (Lipinski definition) is 1. The molecule has 1 N–H and O–H groups in total. The number of aromatic nitrogens is 2. The van der Waals surface area contributed by atoms with Crippen molar-refractivity contribution < 1.29 is 5.11 Å². The first kappa shape index (κ1) is 13.1. The maximum Gasteiger partial charge on any atom is 0.0872 e. The van der Waals surface area contributed by atoms with Crippen molar-refractivity contribution in [2.45, 2.75) is 45.9 Å². The molecule has 0 atom stereocenters. The Morgan fingerprint density at radius 2 is 2.06 bits per heavy atom. The lowest BCUT2D eigenvalue weighted by Gasteiger charge is -2.44. The molecule has 17 heavy (non-hydrogen) atoms. The molecule has 96 valence electrons. The second-order valence-electron chi connectivity index (χ2n) is 5.02. The SMILES string of the molecule is CCc1nn(CC)c(CN2CC(C)(O)C2)c1Br. The number of halogens is 1. The summed E-state index contributed by atoms with van der Waals surface area (Å²) in [4.78, 5) is 2.24. The first-order valence-electron chi connectivity index (χ1n) is 6.15. The molecule has 1 aromatic heterocycles. The highest BCUT2D eigenvalue weighted by Gasteiger charge is 2.37. The van der Waals surface area contributed by atoms with Crippen LogP contribution in [-0.4, -0.2) is 38.5 Å². The minimum atomic E-state index is -0.503. The molecule has 1 fully saturated rings. The van der Waals surface area contributed by atoms with Gasteiger partial charge in [-0.1, -0.05) is 6.92 Å². The van der Waals surface area contributed by atoms with Gasteiger partial charge >= 0.3 is 0 Å². The second-order valence-corrected chi connectivity index (χ2v) is 5.81. The van der Waals surface area contributed by atoms with Gasteiger partial charge in [-0.3, -0.25) is 9.58 Å². The molecular weight excluding hydrogens is 282 g/mol. The summed E-state index contributed by atoms with van der Waals surface area (Å²) in [6.45, 7) is 9.34. The van der Waals surface area contributed by atoms with Gasteiger partial charge in [0.2, 0.25) is 0 Å². The smallest absolute Gasteiger partial charge is 0.0872 e. The molecule has 1 aromatic rings. The molecule has 2 heterocycles. The second kappa shape index (κ2) is 4.71. The highest BCUT2D eigenvalue weighted by atomic mass is 79.9. The summed E-state index contributed by atoms with van der Waals surface area (Å²) in [6.07, 6.45) is 0.943. The van der Waals surface area contributed by atoms with Crippen molar-refractivity contribution in [1.29, 1.82) is 0 Å². The maximum atomic E-state index is 9.73. The van der Waals surface area contributed by atoms with Crippen LogP contribution >= 0.6 is 15.9 Å². The number of nitrogens with zero attached hydrogens (tertiary/aromatic N) is 3. The van der Waals surface area contributed by atoms with E-state index in [4.69, 9.17) is 0 Å². The standard InChI is InChI=1S/C12H20BrN3O/c1-4-9-11(13)10(16(5-2)14-9)6-15-7-12(3,17)8-15/h17H,4-8H2,1-3H3. The van der Waals surface area contributed by atoms with E-state index in [1.165, 1.54) is 5.69 Å². The van der Waals surface area contributed by atoms with Crippen LogP contribution in [0.25, 0.3) is 0 Å². The van der Waals surface area contributed by atoms with Gasteiger partial charge < -0.3 is 5.11 Å². The third-order valence-corrected chi connectivity index (χ3v) is 4.11. The monoisotopic (exact) mass is 301 g/mol. The summed E-state index contributed by atoms with van der Waals surface area (Å²) >= 11 is 3.64. The number of β-amino-alcohol motifs (C(OH)–C–C–N with tert-alkyl or cyclic N) is 1. The largest absolute Gasteiger partial charge is 0.388 e. The van der Waals surface area contributed by atoms with E-state index in [1.54, 1.807) is 0 Å². The van der Waals surface area contributed by atoms with E-state index in [9.17, 15) is 5.11 Å². The Hall–Kier alpha value is -0.390. The molecule has 1 aliphatic heterocycles. The fraction of sp³-hybridized carbons (Fsp3) is 0.750. The number of likely N-dealkylation sites (tertiary alicyclic amines) is 1. The van der Waals surface area contributed by atoms with Crippen LogP contribution in [0.15, 0.2) is 4.47 Å². The average Bonchev–Trinajstić information content (AvgIpc) is 2.53. The van der Waals surface area contributed by atoms with Crippen molar-refractivity contribution >= 4 is 15.9 Å². The maximum absolute atomic E-state index is 9.73. The van der Waals surface area contributed by atoms with Crippen molar-refractivity contribution in [1.82, 2.24) is 14.7 Å². The van der Waals surface area contributed by atoms with Gasteiger partial charge in [-0.15, -0.1) is 0 Å². The number of rotatable bonds is 4. The number of aliphatic hydroxyl groups is 1. The van der Waals surface area contributed by atoms with E-state index in [1.807, 2.05) is 6.92 Å². The van der Waals surface area contributed by atoms with Crippen molar-refractivity contribution in [3.63, 3.8) is 0 Å². The quantitative estimate of drug-likeness (QED) is 0.922. The Labute approximate surface area is 111 Å². The summed E-state index contributed by atoms with van der Waals surface area (Å²) in [5.41, 5.74) is 1.84. The predicted octanol–water partition coefficient (Wildman–Crippen LogP) is 1.79. The molecule has 2 rings (SSSR count). The van der Waals surface area contributed by atoms with Gasteiger partial charge in [0.05, 0.1) is 21.5 Å². The van der Waals surface area contributed by atoms with Crippen molar-refractivity contribution in [3.05, 3.63) is 15.9 Å². The molecule has 4 nitrogen and oxygen atoms in total. The fourth-order valence-electron chi connectivity index (χ4n) is 2.41. The summed E-state index contributed by atoms with van der Waals surface area (Å²) in [6, 6.07) is 0. The van der Waals surface area contributed by atoms with E-state index in [0.717, 1.165) is 42.8 Å². The summed E-state index contributed by atoms with van der Waals surface area (Å²) in [7, 11) is 0. The zero-order valence-corrected chi connectivity index (χ0v) is 12.3. The summed E-state index contributed by atoms with van der Waals surface area (Å²) < 4.78 is 3.18. The first-order chi connectivity index (χ1) is 7.96. The van der Waals surface area contributed by atoms with Crippen LogP contribution in [0.2, 0.25) is 0 Å². The fourth-order valence-corrected chi connectivity index (χ4v) is 3.10. The molecule has 1 saturated heterocycles. The normalized spacial score (nSPS) is 19.4. The highest BCUT2D eigenvalue weighted by Crippen LogP contribution is 2.27. The Bertz CT molecular complexity index is 406. The minimum absolute atomic E-state index is 0.503. The topological polar surface area (TPSA) is 41.3 Å². The van der Waals surface area contributed by atoms with E-state index < -0.39 is 5.60 Å². The average molecular weight is 302 g/mol. The molecule has 0 aliphatic carbocycles. The van der Waals surface area contributed by atoms with Gasteiger partial charge in [-0.25, -0.2) is 0 Å². The molecule has 5 heteroatoms. The van der Waals surface area contributed by atoms with Gasteiger partial charge in [0.15, 0.2) is 0 Å². The van der Waals surface area contributed by atoms with Crippen LogP contribution in [0, 0.1) is 0 Å². The first-order valence-corrected chi connectivity index (χ1v) is 6.95. The number of hydrogen-bond acceptors (Lipinski definition) is 3. The third-order valence-electron chi connectivity index (χ3n) is 3.20. The molecule has 1 aliphatic rings. The molecule has 0 unspecified atom stereocenters. The van der Waals surface area contributed by atoms with Gasteiger partial charge in [-0.05, 0) is 36.2 Å². The van der Waals surface area contributed by atoms with Crippen molar-refractivity contribution in [3.8, 4) is 0 Å². The Balaban J connectivity index is 2.12. The van der Waals surface area contributed by atoms with Crippen LogP contribution in [0.1, 0.15) is 32.2 Å². The van der Waals surface area contributed by atoms with Gasteiger partial charge in [0.1, 0.15) is 0 Å². The Morgan fingerprint density at radius 3 is 2.53 bits per heavy atom. The highest BCUT2D eigenvalue weighted by molar-refractivity contribution is 9.10. The summed E-state index contributed by atoms with van der Waals surface area (Å²) in [5.74, 6) is 0. The Morgan fingerprint density at radius 1 is 1.41 bits per heavy atom. The molecular formula is C12H20BrN3O.